The number of carboxylic acid groups (broad SMARTS) is 2. The van der Waals surface area contributed by atoms with Gasteiger partial charge < -0.3 is 15.1 Å². The maximum absolute atomic E-state index is 10.1. The van der Waals surface area contributed by atoms with Crippen LogP contribution >= 0.6 is 0 Å². The molecule has 5 heteroatoms. The van der Waals surface area contributed by atoms with Crippen LogP contribution in [0.2, 0.25) is 0 Å². The largest absolute Gasteiger partial charge is 0.481 e. The number of carbonyl (C=O) groups is 2. The standard InChI is InChI=1S/C10H18O4.C6H15N/c11-9(12)7-5-3-1-2-4-6-8-10(13)14;1-4-7(5-2)6-3/h1-8H2,(H,11,12)(H,13,14);4-6H2,1-3H3. The molecule has 0 unspecified atom stereocenters. The molecule has 0 aromatic carbocycles. The molecule has 0 fully saturated rings. The zero-order chi connectivity index (χ0) is 16.5. The van der Waals surface area contributed by atoms with E-state index in [-0.39, 0.29) is 12.8 Å². The van der Waals surface area contributed by atoms with E-state index in [0.717, 1.165) is 38.5 Å². The highest BCUT2D eigenvalue weighted by Crippen LogP contribution is 2.08. The second-order valence-electron chi connectivity index (χ2n) is 5.03. The zero-order valence-electron chi connectivity index (χ0n) is 13.9. The fourth-order valence-electron chi connectivity index (χ4n) is 1.93. The Labute approximate surface area is 129 Å². The van der Waals surface area contributed by atoms with Crippen LogP contribution in [-0.2, 0) is 9.59 Å². The van der Waals surface area contributed by atoms with Crippen LogP contribution < -0.4 is 0 Å². The summed E-state index contributed by atoms with van der Waals surface area (Å²) in [7, 11) is 0. The van der Waals surface area contributed by atoms with Crippen LogP contribution in [0.15, 0.2) is 0 Å². The SMILES string of the molecule is CCN(CC)CC.O=C(O)CCCCCCCCC(=O)O. The number of aliphatic carboxylic acids is 2. The molecule has 0 atom stereocenters. The number of carboxylic acids is 2. The number of nitrogens with zero attached hydrogens (tertiary/aromatic N) is 1. The van der Waals surface area contributed by atoms with Gasteiger partial charge in [-0.25, -0.2) is 0 Å². The van der Waals surface area contributed by atoms with Crippen molar-refractivity contribution in [1.82, 2.24) is 4.90 Å². The first-order valence-electron chi connectivity index (χ1n) is 8.13. The van der Waals surface area contributed by atoms with Gasteiger partial charge in [0.2, 0.25) is 0 Å². The molecule has 2 N–H and O–H groups in total. The van der Waals surface area contributed by atoms with Crippen LogP contribution in [0.3, 0.4) is 0 Å². The Morgan fingerprint density at radius 2 is 0.952 bits per heavy atom. The minimum absolute atomic E-state index is 0.245. The van der Waals surface area contributed by atoms with E-state index < -0.39 is 11.9 Å². The van der Waals surface area contributed by atoms with Crippen LogP contribution in [0.1, 0.15) is 72.1 Å². The van der Waals surface area contributed by atoms with Crippen molar-refractivity contribution in [3.63, 3.8) is 0 Å². The molecular formula is C16H33NO4. The molecule has 0 bridgehead atoms. The molecule has 0 aliphatic rings. The molecule has 0 radical (unpaired) electrons. The third-order valence-corrected chi connectivity index (χ3v) is 3.37. The maximum Gasteiger partial charge on any atom is 0.303 e. The van der Waals surface area contributed by atoms with E-state index in [0.29, 0.717) is 0 Å². The molecule has 21 heavy (non-hydrogen) atoms. The Morgan fingerprint density at radius 3 is 1.14 bits per heavy atom. The van der Waals surface area contributed by atoms with E-state index in [9.17, 15) is 9.59 Å². The van der Waals surface area contributed by atoms with Gasteiger partial charge in [-0.1, -0.05) is 46.5 Å². The van der Waals surface area contributed by atoms with Gasteiger partial charge in [0.05, 0.1) is 0 Å². The summed E-state index contributed by atoms with van der Waals surface area (Å²) in [6.45, 7) is 10.1. The van der Waals surface area contributed by atoms with Crippen molar-refractivity contribution in [3.05, 3.63) is 0 Å². The smallest absolute Gasteiger partial charge is 0.303 e. The van der Waals surface area contributed by atoms with Gasteiger partial charge in [0, 0.05) is 12.8 Å². The summed E-state index contributed by atoms with van der Waals surface area (Å²) in [5, 5.41) is 16.7. The Morgan fingerprint density at radius 1 is 0.667 bits per heavy atom. The van der Waals surface area contributed by atoms with Crippen molar-refractivity contribution < 1.29 is 19.8 Å². The van der Waals surface area contributed by atoms with E-state index in [2.05, 4.69) is 25.7 Å². The number of unbranched alkanes of at least 4 members (excludes halogenated alkanes) is 5. The van der Waals surface area contributed by atoms with Gasteiger partial charge in [-0.05, 0) is 32.5 Å². The Hall–Kier alpha value is -1.10. The van der Waals surface area contributed by atoms with E-state index >= 15 is 0 Å². The second-order valence-corrected chi connectivity index (χ2v) is 5.03. The molecule has 0 heterocycles. The summed E-state index contributed by atoms with van der Waals surface area (Å²) < 4.78 is 0. The predicted octanol–water partition coefficient (Wildman–Crippen LogP) is 3.62. The molecule has 0 spiro atoms. The topological polar surface area (TPSA) is 77.8 Å². The van der Waals surface area contributed by atoms with Gasteiger partial charge in [-0.2, -0.15) is 0 Å². The third-order valence-electron chi connectivity index (χ3n) is 3.37. The first-order valence-corrected chi connectivity index (χ1v) is 8.13. The summed E-state index contributed by atoms with van der Waals surface area (Å²) in [6.07, 6.45) is 5.82. The van der Waals surface area contributed by atoms with Crippen LogP contribution in [-0.4, -0.2) is 46.7 Å². The lowest BCUT2D eigenvalue weighted by Gasteiger charge is -2.13. The predicted molar refractivity (Wildman–Crippen MR) is 85.7 cm³/mol. The van der Waals surface area contributed by atoms with E-state index in [4.69, 9.17) is 10.2 Å². The van der Waals surface area contributed by atoms with Gasteiger partial charge in [0.1, 0.15) is 0 Å². The molecule has 126 valence electrons. The number of rotatable bonds is 12. The maximum atomic E-state index is 10.1. The van der Waals surface area contributed by atoms with E-state index in [1.807, 2.05) is 0 Å². The average Bonchev–Trinajstić information content (AvgIpc) is 2.44. The molecule has 0 aliphatic carbocycles. The monoisotopic (exact) mass is 303 g/mol. The highest BCUT2D eigenvalue weighted by molar-refractivity contribution is 5.66. The van der Waals surface area contributed by atoms with Crippen molar-refractivity contribution in [3.8, 4) is 0 Å². The lowest BCUT2D eigenvalue weighted by molar-refractivity contribution is -0.138. The van der Waals surface area contributed by atoms with Crippen molar-refractivity contribution >= 4 is 11.9 Å². The minimum Gasteiger partial charge on any atom is -0.481 e. The first-order chi connectivity index (χ1) is 9.97. The van der Waals surface area contributed by atoms with Crippen LogP contribution in [0, 0.1) is 0 Å². The molecule has 0 amide bonds. The normalized spacial score (nSPS) is 10.1. The van der Waals surface area contributed by atoms with Crippen molar-refractivity contribution in [1.29, 1.82) is 0 Å². The average molecular weight is 303 g/mol. The quantitative estimate of drug-likeness (QED) is 0.538. The van der Waals surface area contributed by atoms with Gasteiger partial charge in [-0.3, -0.25) is 9.59 Å². The molecule has 0 saturated carbocycles. The van der Waals surface area contributed by atoms with E-state index in [1.54, 1.807) is 0 Å². The Bertz CT molecular complexity index is 227. The highest BCUT2D eigenvalue weighted by Gasteiger charge is 1.98. The molecule has 0 saturated heterocycles. The van der Waals surface area contributed by atoms with Gasteiger partial charge in [0.25, 0.3) is 0 Å². The van der Waals surface area contributed by atoms with Gasteiger partial charge >= 0.3 is 11.9 Å². The highest BCUT2D eigenvalue weighted by atomic mass is 16.4. The molecule has 5 nitrogen and oxygen atoms in total. The summed E-state index contributed by atoms with van der Waals surface area (Å²) in [5.74, 6) is -1.48. The van der Waals surface area contributed by atoms with E-state index in [1.165, 1.54) is 19.6 Å². The number of hydrogen-bond acceptors (Lipinski definition) is 3. The number of hydrogen-bond donors (Lipinski definition) is 2. The summed E-state index contributed by atoms with van der Waals surface area (Å²) in [5.41, 5.74) is 0. The fourth-order valence-corrected chi connectivity index (χ4v) is 1.93. The lowest BCUT2D eigenvalue weighted by atomic mass is 10.1. The third kappa shape index (κ3) is 21.4. The molecule has 0 rings (SSSR count). The van der Waals surface area contributed by atoms with Gasteiger partial charge in [-0.15, -0.1) is 0 Å². The molecule has 0 aromatic heterocycles. The van der Waals surface area contributed by atoms with Crippen molar-refractivity contribution in [2.24, 2.45) is 0 Å². The molecule has 0 aromatic rings. The summed E-state index contributed by atoms with van der Waals surface area (Å²) >= 11 is 0. The fraction of sp³-hybridized carbons (Fsp3) is 0.875. The molecule has 0 aliphatic heterocycles. The van der Waals surface area contributed by atoms with Crippen molar-refractivity contribution in [2.75, 3.05) is 19.6 Å². The lowest BCUT2D eigenvalue weighted by Crippen LogP contribution is -2.21. The summed E-state index contributed by atoms with van der Waals surface area (Å²) in [6, 6.07) is 0. The van der Waals surface area contributed by atoms with Crippen molar-refractivity contribution in [2.45, 2.75) is 72.1 Å². The Kier molecular flexibility index (Phi) is 17.9. The zero-order valence-corrected chi connectivity index (χ0v) is 13.9. The Balaban J connectivity index is 0. The first kappa shape index (κ1) is 22.2. The molecular weight excluding hydrogens is 270 g/mol. The van der Waals surface area contributed by atoms with Gasteiger partial charge in [0.15, 0.2) is 0 Å². The van der Waals surface area contributed by atoms with Crippen LogP contribution in [0.4, 0.5) is 0 Å². The second kappa shape index (κ2) is 17.0. The minimum atomic E-state index is -0.740. The van der Waals surface area contributed by atoms with Crippen LogP contribution in [0.5, 0.6) is 0 Å². The van der Waals surface area contributed by atoms with Crippen LogP contribution in [0.25, 0.3) is 0 Å². The summed E-state index contributed by atoms with van der Waals surface area (Å²) in [4.78, 5) is 22.7.